The third-order valence-corrected chi connectivity index (χ3v) is 2.88. The van der Waals surface area contributed by atoms with Crippen molar-refractivity contribution in [1.29, 1.82) is 0 Å². The van der Waals surface area contributed by atoms with Crippen LogP contribution in [0.25, 0.3) is 0 Å². The Morgan fingerprint density at radius 3 is 2.75 bits per heavy atom. The second-order valence-corrected chi connectivity index (χ2v) is 4.70. The van der Waals surface area contributed by atoms with Crippen molar-refractivity contribution in [3.05, 3.63) is 40.2 Å². The van der Waals surface area contributed by atoms with E-state index in [0.29, 0.717) is 10.0 Å². The molecule has 1 unspecified atom stereocenters. The first-order valence-corrected chi connectivity index (χ1v) is 5.92. The molecule has 16 heavy (non-hydrogen) atoms. The van der Waals surface area contributed by atoms with Crippen molar-refractivity contribution < 1.29 is 0 Å². The maximum Gasteiger partial charge on any atom is 0.0760 e. The summed E-state index contributed by atoms with van der Waals surface area (Å²) in [7, 11) is 1.90. The van der Waals surface area contributed by atoms with Crippen LogP contribution < -0.4 is 5.32 Å². The van der Waals surface area contributed by atoms with Gasteiger partial charge in [0.15, 0.2) is 0 Å². The normalized spacial score (nSPS) is 12.5. The summed E-state index contributed by atoms with van der Waals surface area (Å²) < 4.78 is 0. The van der Waals surface area contributed by atoms with E-state index in [-0.39, 0.29) is 6.04 Å². The number of rotatable bonds is 5. The fourth-order valence-electron chi connectivity index (χ4n) is 1.49. The smallest absolute Gasteiger partial charge is 0.0760 e. The molecule has 0 aromatic carbocycles. The van der Waals surface area contributed by atoms with Gasteiger partial charge in [-0.1, -0.05) is 28.8 Å². The molecule has 0 saturated heterocycles. The first kappa shape index (κ1) is 13.5. The van der Waals surface area contributed by atoms with Gasteiger partial charge in [-0.2, -0.15) is 0 Å². The zero-order valence-corrected chi connectivity index (χ0v) is 11.1. The highest BCUT2D eigenvalue weighted by Crippen LogP contribution is 2.26. The summed E-state index contributed by atoms with van der Waals surface area (Å²) in [6.45, 7) is 5.91. The molecular weight excluding hydrogens is 243 g/mol. The molecule has 1 aromatic rings. The Balaban J connectivity index is 2.82. The maximum absolute atomic E-state index is 6.11. The van der Waals surface area contributed by atoms with Gasteiger partial charge in [-0.25, -0.2) is 0 Å². The van der Waals surface area contributed by atoms with Gasteiger partial charge in [-0.15, -0.1) is 6.58 Å². The monoisotopic (exact) mass is 258 g/mol. The fraction of sp³-hybridized carbons (Fsp3) is 0.417. The van der Waals surface area contributed by atoms with Crippen molar-refractivity contribution in [3.63, 3.8) is 0 Å². The van der Waals surface area contributed by atoms with Crippen LogP contribution in [0.1, 0.15) is 31.5 Å². The largest absolute Gasteiger partial charge is 0.312 e. The van der Waals surface area contributed by atoms with Gasteiger partial charge >= 0.3 is 0 Å². The van der Waals surface area contributed by atoms with Crippen molar-refractivity contribution >= 4 is 23.2 Å². The van der Waals surface area contributed by atoms with E-state index in [9.17, 15) is 0 Å². The minimum absolute atomic E-state index is 0.140. The Hall–Kier alpha value is -0.570. The number of nitrogens with zero attached hydrogens (tertiary/aromatic N) is 1. The van der Waals surface area contributed by atoms with Gasteiger partial charge in [-0.05, 0) is 32.9 Å². The van der Waals surface area contributed by atoms with Crippen LogP contribution in [0.5, 0.6) is 0 Å². The molecule has 1 N–H and O–H groups in total. The molecule has 1 atom stereocenters. The number of allylic oxidation sites excluding steroid dienone is 1. The zero-order chi connectivity index (χ0) is 12.1. The Labute approximate surface area is 107 Å². The van der Waals surface area contributed by atoms with E-state index in [2.05, 4.69) is 16.9 Å². The Kier molecular flexibility index (Phi) is 5.26. The Morgan fingerprint density at radius 2 is 2.25 bits per heavy atom. The third-order valence-electron chi connectivity index (χ3n) is 2.37. The highest BCUT2D eigenvalue weighted by Gasteiger charge is 2.14. The van der Waals surface area contributed by atoms with Gasteiger partial charge in [0.25, 0.3) is 0 Å². The van der Waals surface area contributed by atoms with Gasteiger partial charge < -0.3 is 5.32 Å². The number of hydrogen-bond donors (Lipinski definition) is 1. The van der Waals surface area contributed by atoms with Crippen LogP contribution in [-0.4, -0.2) is 12.0 Å². The number of halogens is 2. The van der Waals surface area contributed by atoms with Crippen LogP contribution in [0.15, 0.2) is 24.4 Å². The molecule has 1 aromatic heterocycles. The van der Waals surface area contributed by atoms with Gasteiger partial charge in [0.1, 0.15) is 0 Å². The van der Waals surface area contributed by atoms with Gasteiger partial charge in [0.05, 0.1) is 21.8 Å². The third kappa shape index (κ3) is 3.78. The molecule has 0 fully saturated rings. The first-order chi connectivity index (χ1) is 7.54. The molecule has 0 bridgehead atoms. The van der Waals surface area contributed by atoms with Crippen molar-refractivity contribution in [3.8, 4) is 0 Å². The van der Waals surface area contributed by atoms with E-state index in [1.807, 2.05) is 14.0 Å². The summed E-state index contributed by atoms with van der Waals surface area (Å²) in [6, 6.07) is 1.86. The average Bonchev–Trinajstić information content (AvgIpc) is 2.21. The summed E-state index contributed by atoms with van der Waals surface area (Å²) in [5, 5.41) is 4.37. The molecule has 0 radical (unpaired) electrons. The highest BCUT2D eigenvalue weighted by atomic mass is 35.5. The van der Waals surface area contributed by atoms with Gasteiger partial charge in [-0.3, -0.25) is 4.98 Å². The Bertz CT molecular complexity index is 377. The number of aromatic nitrogens is 1. The molecule has 88 valence electrons. The standard InChI is InChI=1S/C12H16Cl2N2/c1-8(2)4-5-11(15-3)12-10(14)6-9(13)7-16-12/h6-7,11,15H,1,4-5H2,2-3H3. The zero-order valence-electron chi connectivity index (χ0n) is 9.56. The number of hydrogen-bond acceptors (Lipinski definition) is 2. The van der Waals surface area contributed by atoms with E-state index in [1.165, 1.54) is 0 Å². The Morgan fingerprint density at radius 1 is 1.56 bits per heavy atom. The minimum Gasteiger partial charge on any atom is -0.312 e. The van der Waals surface area contributed by atoms with E-state index >= 15 is 0 Å². The van der Waals surface area contributed by atoms with Crippen molar-refractivity contribution in [2.75, 3.05) is 7.05 Å². The van der Waals surface area contributed by atoms with E-state index in [0.717, 1.165) is 24.1 Å². The van der Waals surface area contributed by atoms with E-state index in [1.54, 1.807) is 12.3 Å². The lowest BCUT2D eigenvalue weighted by Gasteiger charge is -2.16. The van der Waals surface area contributed by atoms with Gasteiger partial charge in [0.2, 0.25) is 0 Å². The average molecular weight is 259 g/mol. The molecule has 1 rings (SSSR count). The first-order valence-electron chi connectivity index (χ1n) is 5.17. The van der Waals surface area contributed by atoms with Crippen LogP contribution in [-0.2, 0) is 0 Å². The second-order valence-electron chi connectivity index (χ2n) is 3.86. The molecule has 2 nitrogen and oxygen atoms in total. The second kappa shape index (κ2) is 6.24. The summed E-state index contributed by atoms with van der Waals surface area (Å²) >= 11 is 11.9. The van der Waals surface area contributed by atoms with Crippen LogP contribution in [0.4, 0.5) is 0 Å². The topological polar surface area (TPSA) is 24.9 Å². The maximum atomic E-state index is 6.11. The molecule has 1 heterocycles. The lowest BCUT2D eigenvalue weighted by atomic mass is 10.0. The highest BCUT2D eigenvalue weighted by molar-refractivity contribution is 6.34. The molecule has 0 saturated carbocycles. The minimum atomic E-state index is 0.140. The number of pyridine rings is 1. The summed E-state index contributed by atoms with van der Waals surface area (Å²) in [5.74, 6) is 0. The van der Waals surface area contributed by atoms with Crippen molar-refractivity contribution in [2.45, 2.75) is 25.8 Å². The van der Waals surface area contributed by atoms with Crippen molar-refractivity contribution in [1.82, 2.24) is 10.3 Å². The molecule has 4 heteroatoms. The summed E-state index contributed by atoms with van der Waals surface area (Å²) in [6.07, 6.45) is 3.50. The molecule has 0 aliphatic rings. The van der Waals surface area contributed by atoms with Crippen LogP contribution in [0.3, 0.4) is 0 Å². The molecular formula is C12H16Cl2N2. The summed E-state index contributed by atoms with van der Waals surface area (Å²) in [5.41, 5.74) is 2.00. The van der Waals surface area contributed by atoms with Gasteiger partial charge in [0, 0.05) is 6.20 Å². The lowest BCUT2D eigenvalue weighted by molar-refractivity contribution is 0.535. The predicted molar refractivity (Wildman–Crippen MR) is 70.1 cm³/mol. The predicted octanol–water partition coefficient (Wildman–Crippen LogP) is 4.01. The molecule has 0 amide bonds. The summed E-state index contributed by atoms with van der Waals surface area (Å²) in [4.78, 5) is 4.27. The molecule has 0 aliphatic carbocycles. The van der Waals surface area contributed by atoms with Crippen LogP contribution in [0.2, 0.25) is 10.0 Å². The SMILES string of the molecule is C=C(C)CCC(NC)c1ncc(Cl)cc1Cl. The fourth-order valence-corrected chi connectivity index (χ4v) is 2.00. The lowest BCUT2D eigenvalue weighted by Crippen LogP contribution is -2.18. The van der Waals surface area contributed by atoms with Crippen LogP contribution >= 0.6 is 23.2 Å². The van der Waals surface area contributed by atoms with Crippen molar-refractivity contribution in [2.24, 2.45) is 0 Å². The quantitative estimate of drug-likeness (QED) is 0.808. The molecule has 0 spiro atoms. The molecule has 0 aliphatic heterocycles. The van der Waals surface area contributed by atoms with E-state index in [4.69, 9.17) is 23.2 Å². The van der Waals surface area contributed by atoms with E-state index < -0.39 is 0 Å². The number of nitrogens with one attached hydrogen (secondary N) is 1. The van der Waals surface area contributed by atoms with Crippen LogP contribution in [0, 0.1) is 0 Å².